The van der Waals surface area contributed by atoms with Gasteiger partial charge in [-0.1, -0.05) is 24.6 Å². The maximum atomic E-state index is 11.8. The van der Waals surface area contributed by atoms with E-state index in [9.17, 15) is 19.8 Å². The summed E-state index contributed by atoms with van der Waals surface area (Å²) in [6, 6.07) is -0.693. The Hall–Kier alpha value is -1.37. The van der Waals surface area contributed by atoms with Crippen molar-refractivity contribution in [3.63, 3.8) is 0 Å². The van der Waals surface area contributed by atoms with Crippen molar-refractivity contribution in [1.29, 1.82) is 0 Å². The lowest BCUT2D eigenvalue weighted by Crippen LogP contribution is -2.56. The minimum atomic E-state index is -1.62. The summed E-state index contributed by atoms with van der Waals surface area (Å²) in [7, 11) is 0. The molecule has 6 nitrogen and oxygen atoms in total. The zero-order chi connectivity index (χ0) is 15.9. The van der Waals surface area contributed by atoms with Gasteiger partial charge in [0.15, 0.2) is 0 Å². The topological polar surface area (TPSA) is 113 Å². The number of rotatable bonds is 8. The lowest BCUT2D eigenvalue weighted by atomic mass is 9.78. The molecule has 0 aromatic heterocycles. The molecule has 22 heavy (non-hydrogen) atoms. The van der Waals surface area contributed by atoms with Gasteiger partial charge in [-0.3, -0.25) is 9.59 Å². The van der Waals surface area contributed by atoms with Gasteiger partial charge in [0.2, 0.25) is 5.91 Å². The van der Waals surface area contributed by atoms with Crippen LogP contribution in [0, 0.1) is 5.92 Å². The second-order valence-electron chi connectivity index (χ2n) is 5.34. The molecule has 1 aliphatic rings. The van der Waals surface area contributed by atoms with Gasteiger partial charge >= 0.3 is 5.97 Å². The Bertz CT molecular complexity index is 439. The fraction of sp³-hybridized carbons (Fsp3) is 0.600. The number of aliphatic carboxylic acids is 1. The van der Waals surface area contributed by atoms with Crippen LogP contribution in [-0.4, -0.2) is 40.3 Å². The van der Waals surface area contributed by atoms with E-state index < -0.39 is 23.5 Å². The molecular formula is C15H25ClN2O4. The minimum absolute atomic E-state index is 0. The van der Waals surface area contributed by atoms with Crippen LogP contribution < -0.4 is 11.1 Å². The van der Waals surface area contributed by atoms with E-state index in [1.807, 2.05) is 0 Å². The molecule has 0 spiro atoms. The molecule has 0 aliphatic heterocycles. The van der Waals surface area contributed by atoms with Gasteiger partial charge in [0.05, 0.1) is 6.04 Å². The molecule has 126 valence electrons. The van der Waals surface area contributed by atoms with Crippen molar-refractivity contribution in [2.75, 3.05) is 6.54 Å². The van der Waals surface area contributed by atoms with Crippen LogP contribution >= 0.6 is 12.4 Å². The molecule has 1 rings (SSSR count). The zero-order valence-corrected chi connectivity index (χ0v) is 13.5. The summed E-state index contributed by atoms with van der Waals surface area (Å²) in [6.45, 7) is 2.21. The molecule has 1 aliphatic carbocycles. The van der Waals surface area contributed by atoms with Gasteiger partial charge in [-0.25, -0.2) is 0 Å². The molecule has 0 radical (unpaired) electrons. The Kier molecular flexibility index (Phi) is 9.01. The first kappa shape index (κ1) is 20.6. The predicted octanol–water partition coefficient (Wildman–Crippen LogP) is 0.990. The first-order chi connectivity index (χ1) is 9.91. The minimum Gasteiger partial charge on any atom is -0.481 e. The highest BCUT2D eigenvalue weighted by atomic mass is 35.5. The maximum Gasteiger partial charge on any atom is 0.313 e. The van der Waals surface area contributed by atoms with E-state index in [0.717, 1.165) is 19.3 Å². The molecule has 3 unspecified atom stereocenters. The van der Waals surface area contributed by atoms with Crippen molar-refractivity contribution in [3.8, 4) is 0 Å². The first-order valence-corrected chi connectivity index (χ1v) is 7.22. The maximum absolute atomic E-state index is 11.8. The van der Waals surface area contributed by atoms with Gasteiger partial charge < -0.3 is 21.3 Å². The number of carbonyl (C=O) groups is 2. The second-order valence-corrected chi connectivity index (χ2v) is 5.34. The number of allylic oxidation sites excluding steroid dienone is 2. The number of halogens is 1. The molecule has 3 atom stereocenters. The smallest absolute Gasteiger partial charge is 0.313 e. The van der Waals surface area contributed by atoms with E-state index in [1.54, 1.807) is 19.1 Å². The average molecular weight is 333 g/mol. The van der Waals surface area contributed by atoms with Crippen molar-refractivity contribution in [1.82, 2.24) is 5.32 Å². The van der Waals surface area contributed by atoms with Crippen LogP contribution in [0.25, 0.3) is 0 Å². The lowest BCUT2D eigenvalue weighted by Gasteiger charge is -2.36. The molecule has 0 saturated heterocycles. The fourth-order valence-corrected chi connectivity index (χ4v) is 2.37. The zero-order valence-electron chi connectivity index (χ0n) is 12.7. The lowest BCUT2D eigenvalue weighted by molar-refractivity contribution is -0.148. The number of aliphatic hydroxyl groups is 1. The summed E-state index contributed by atoms with van der Waals surface area (Å²) in [6.07, 6.45) is 8.84. The molecule has 0 saturated carbocycles. The third-order valence-corrected chi connectivity index (χ3v) is 3.72. The van der Waals surface area contributed by atoms with Crippen molar-refractivity contribution in [3.05, 3.63) is 24.3 Å². The van der Waals surface area contributed by atoms with E-state index >= 15 is 0 Å². The van der Waals surface area contributed by atoms with Crippen LogP contribution in [0.2, 0.25) is 0 Å². The monoisotopic (exact) mass is 332 g/mol. The fourth-order valence-electron chi connectivity index (χ4n) is 2.37. The van der Waals surface area contributed by atoms with Crippen LogP contribution in [0.15, 0.2) is 24.3 Å². The number of carbonyl (C=O) groups excluding carboxylic acids is 1. The largest absolute Gasteiger partial charge is 0.481 e. The summed E-state index contributed by atoms with van der Waals surface area (Å²) in [5, 5.41) is 22.4. The van der Waals surface area contributed by atoms with Crippen LogP contribution in [0.3, 0.4) is 0 Å². The molecule has 5 N–H and O–H groups in total. The number of carboxylic acids is 1. The third-order valence-electron chi connectivity index (χ3n) is 3.72. The molecule has 0 aromatic rings. The predicted molar refractivity (Wildman–Crippen MR) is 86.7 cm³/mol. The van der Waals surface area contributed by atoms with Crippen LogP contribution in [0.5, 0.6) is 0 Å². The summed E-state index contributed by atoms with van der Waals surface area (Å²) < 4.78 is 0. The van der Waals surface area contributed by atoms with Gasteiger partial charge in [0.25, 0.3) is 0 Å². The Labute approximate surface area is 136 Å². The van der Waals surface area contributed by atoms with Crippen LogP contribution in [-0.2, 0) is 9.59 Å². The van der Waals surface area contributed by atoms with Gasteiger partial charge in [-0.05, 0) is 32.4 Å². The number of nitrogens with one attached hydrogen (secondary N) is 1. The van der Waals surface area contributed by atoms with Gasteiger partial charge in [0.1, 0.15) is 11.5 Å². The standard InChI is InChI=1S/C15H24N2O4.ClH/c1-11(17-13(18)8-3-2-6-10-16)15(21)9-5-4-7-12(15)14(19)20;/h4-5,7,9,11-12,21H,2-3,6,8,10,16H2,1H3,(H,17,18)(H,19,20);1H. The van der Waals surface area contributed by atoms with Crippen molar-refractivity contribution < 1.29 is 19.8 Å². The number of hydrogen-bond donors (Lipinski definition) is 4. The Balaban J connectivity index is 0.00000441. The molecule has 0 aromatic carbocycles. The third kappa shape index (κ3) is 5.44. The highest BCUT2D eigenvalue weighted by molar-refractivity contribution is 5.85. The van der Waals surface area contributed by atoms with Crippen molar-refractivity contribution >= 4 is 24.3 Å². The molecule has 0 bridgehead atoms. The van der Waals surface area contributed by atoms with E-state index in [1.165, 1.54) is 12.2 Å². The number of carboxylic acid groups (broad SMARTS) is 1. The summed E-state index contributed by atoms with van der Waals surface area (Å²) >= 11 is 0. The second kappa shape index (κ2) is 9.61. The number of nitrogens with two attached hydrogens (primary N) is 1. The molecule has 0 fully saturated rings. The molecular weight excluding hydrogens is 308 g/mol. The number of amides is 1. The van der Waals surface area contributed by atoms with E-state index in [4.69, 9.17) is 5.73 Å². The first-order valence-electron chi connectivity index (χ1n) is 7.22. The summed E-state index contributed by atoms with van der Waals surface area (Å²) in [5.74, 6) is -2.39. The van der Waals surface area contributed by atoms with Gasteiger partial charge in [-0.2, -0.15) is 0 Å². The van der Waals surface area contributed by atoms with E-state index in [0.29, 0.717) is 13.0 Å². The summed E-state index contributed by atoms with van der Waals surface area (Å²) in [5.41, 5.74) is 3.76. The molecule has 7 heteroatoms. The Morgan fingerprint density at radius 1 is 1.32 bits per heavy atom. The van der Waals surface area contributed by atoms with Gasteiger partial charge in [-0.15, -0.1) is 12.4 Å². The number of unbranched alkanes of at least 4 members (excludes halogenated alkanes) is 2. The van der Waals surface area contributed by atoms with Crippen molar-refractivity contribution in [2.24, 2.45) is 11.7 Å². The molecule has 1 amide bonds. The highest BCUT2D eigenvalue weighted by Gasteiger charge is 2.44. The van der Waals surface area contributed by atoms with Crippen LogP contribution in [0.1, 0.15) is 32.6 Å². The average Bonchev–Trinajstić information content (AvgIpc) is 2.43. The molecule has 0 heterocycles. The normalized spacial score (nSPS) is 24.4. The highest BCUT2D eigenvalue weighted by Crippen LogP contribution is 2.28. The summed E-state index contributed by atoms with van der Waals surface area (Å²) in [4.78, 5) is 23.1. The van der Waals surface area contributed by atoms with E-state index in [2.05, 4.69) is 5.32 Å². The number of hydrogen-bond acceptors (Lipinski definition) is 4. The van der Waals surface area contributed by atoms with Crippen molar-refractivity contribution in [2.45, 2.75) is 44.2 Å². The SMILES string of the molecule is CC(NC(=O)CCCCCN)C1(O)C=CC=CC1C(=O)O.Cl. The quantitative estimate of drug-likeness (QED) is 0.495. The van der Waals surface area contributed by atoms with Crippen LogP contribution in [0.4, 0.5) is 0 Å². The van der Waals surface area contributed by atoms with Gasteiger partial charge in [0, 0.05) is 6.42 Å². The Morgan fingerprint density at radius 2 is 2.00 bits per heavy atom. The Morgan fingerprint density at radius 3 is 2.59 bits per heavy atom. The van der Waals surface area contributed by atoms with E-state index in [-0.39, 0.29) is 18.3 Å².